The molecule has 0 bridgehead atoms. The van der Waals surface area contributed by atoms with Gasteiger partial charge < -0.3 is 4.74 Å². The highest BCUT2D eigenvalue weighted by molar-refractivity contribution is 6.21. The SMILES string of the molecule is CC(=O)O[C@]12C(=O)c3ccccc3C(=O)[C@H]1C[C@@H]2c1ccc(C)cc1. The Morgan fingerprint density at radius 3 is 2.28 bits per heavy atom. The Bertz CT molecular complexity index is 896. The second-order valence-corrected chi connectivity index (χ2v) is 6.88. The van der Waals surface area contributed by atoms with Crippen molar-refractivity contribution in [2.75, 3.05) is 0 Å². The Labute approximate surface area is 145 Å². The average Bonchev–Trinajstić information content (AvgIpc) is 2.58. The number of ketones is 2. The van der Waals surface area contributed by atoms with Crippen molar-refractivity contribution in [2.45, 2.75) is 31.8 Å². The van der Waals surface area contributed by atoms with Crippen LogP contribution in [0.4, 0.5) is 0 Å². The molecule has 0 amide bonds. The number of ether oxygens (including phenoxy) is 1. The minimum atomic E-state index is -1.41. The molecule has 0 spiro atoms. The predicted molar refractivity (Wildman–Crippen MR) is 91.6 cm³/mol. The Morgan fingerprint density at radius 2 is 1.64 bits per heavy atom. The van der Waals surface area contributed by atoms with E-state index in [1.807, 2.05) is 31.2 Å². The van der Waals surface area contributed by atoms with E-state index in [0.29, 0.717) is 17.5 Å². The Balaban J connectivity index is 1.87. The summed E-state index contributed by atoms with van der Waals surface area (Å²) in [6, 6.07) is 14.6. The van der Waals surface area contributed by atoms with E-state index in [-0.39, 0.29) is 17.5 Å². The Kier molecular flexibility index (Phi) is 3.39. The van der Waals surface area contributed by atoms with Crippen LogP contribution in [0.25, 0.3) is 0 Å². The number of Topliss-reactive ketones (excluding diaryl/α,β-unsaturated/α-hetero) is 2. The minimum Gasteiger partial charge on any atom is -0.449 e. The summed E-state index contributed by atoms with van der Waals surface area (Å²) in [6.45, 7) is 3.27. The number of esters is 1. The first-order chi connectivity index (χ1) is 11.9. The minimum absolute atomic E-state index is 0.111. The van der Waals surface area contributed by atoms with Crippen LogP contribution in [0.3, 0.4) is 0 Å². The Morgan fingerprint density at radius 1 is 1.00 bits per heavy atom. The van der Waals surface area contributed by atoms with E-state index in [0.717, 1.165) is 11.1 Å². The smallest absolute Gasteiger partial charge is 0.303 e. The van der Waals surface area contributed by atoms with Crippen LogP contribution in [0.1, 0.15) is 51.1 Å². The molecule has 0 N–H and O–H groups in total. The van der Waals surface area contributed by atoms with Crippen LogP contribution in [-0.4, -0.2) is 23.1 Å². The van der Waals surface area contributed by atoms with Crippen molar-refractivity contribution >= 4 is 17.5 Å². The highest BCUT2D eigenvalue weighted by atomic mass is 16.6. The zero-order valence-corrected chi connectivity index (χ0v) is 14.1. The van der Waals surface area contributed by atoms with E-state index in [4.69, 9.17) is 4.74 Å². The molecule has 2 aromatic carbocycles. The van der Waals surface area contributed by atoms with Crippen LogP contribution < -0.4 is 0 Å². The number of hydrogen-bond acceptors (Lipinski definition) is 4. The molecular formula is C21H18O4. The highest BCUT2D eigenvalue weighted by Gasteiger charge is 2.68. The molecule has 126 valence electrons. The van der Waals surface area contributed by atoms with Crippen molar-refractivity contribution in [3.63, 3.8) is 0 Å². The van der Waals surface area contributed by atoms with Gasteiger partial charge in [0.25, 0.3) is 0 Å². The maximum absolute atomic E-state index is 13.3. The Hall–Kier alpha value is -2.75. The van der Waals surface area contributed by atoms with Gasteiger partial charge in [0.05, 0.1) is 5.92 Å². The van der Waals surface area contributed by atoms with Gasteiger partial charge in [0, 0.05) is 24.0 Å². The van der Waals surface area contributed by atoms with E-state index >= 15 is 0 Å². The first kappa shape index (κ1) is 15.8. The molecule has 1 fully saturated rings. The number of hydrogen-bond donors (Lipinski definition) is 0. The lowest BCUT2D eigenvalue weighted by molar-refractivity contribution is -0.169. The summed E-state index contributed by atoms with van der Waals surface area (Å²) in [5.41, 5.74) is 1.40. The van der Waals surface area contributed by atoms with Crippen LogP contribution in [0.5, 0.6) is 0 Å². The van der Waals surface area contributed by atoms with E-state index in [1.165, 1.54) is 6.92 Å². The maximum Gasteiger partial charge on any atom is 0.303 e. The molecule has 2 aliphatic carbocycles. The van der Waals surface area contributed by atoms with Gasteiger partial charge in [-0.1, -0.05) is 54.1 Å². The third-order valence-corrected chi connectivity index (χ3v) is 5.41. The van der Waals surface area contributed by atoms with Gasteiger partial charge in [-0.25, -0.2) is 0 Å². The topological polar surface area (TPSA) is 60.4 Å². The molecule has 0 aliphatic heterocycles. The summed E-state index contributed by atoms with van der Waals surface area (Å²) < 4.78 is 5.61. The molecule has 4 rings (SSSR count). The summed E-state index contributed by atoms with van der Waals surface area (Å²) in [7, 11) is 0. The quantitative estimate of drug-likeness (QED) is 0.789. The number of benzene rings is 2. The normalized spacial score (nSPS) is 27.1. The number of rotatable bonds is 2. The number of carbonyl (C=O) groups is 3. The molecule has 4 heteroatoms. The summed E-state index contributed by atoms with van der Waals surface area (Å²) in [4.78, 5) is 38.0. The maximum atomic E-state index is 13.3. The zero-order chi connectivity index (χ0) is 17.8. The van der Waals surface area contributed by atoms with E-state index in [1.54, 1.807) is 24.3 Å². The molecule has 4 nitrogen and oxygen atoms in total. The van der Waals surface area contributed by atoms with E-state index < -0.39 is 17.5 Å². The van der Waals surface area contributed by atoms with Crippen molar-refractivity contribution < 1.29 is 19.1 Å². The third kappa shape index (κ3) is 2.10. The van der Waals surface area contributed by atoms with Crippen molar-refractivity contribution in [2.24, 2.45) is 5.92 Å². The molecule has 25 heavy (non-hydrogen) atoms. The highest BCUT2D eigenvalue weighted by Crippen LogP contribution is 2.58. The van der Waals surface area contributed by atoms with Gasteiger partial charge in [-0.3, -0.25) is 14.4 Å². The predicted octanol–water partition coefficient (Wildman–Crippen LogP) is 3.48. The van der Waals surface area contributed by atoms with E-state index in [2.05, 4.69) is 0 Å². The van der Waals surface area contributed by atoms with Gasteiger partial charge >= 0.3 is 5.97 Å². The van der Waals surface area contributed by atoms with Gasteiger partial charge in [-0.05, 0) is 18.9 Å². The molecule has 2 aromatic rings. The molecule has 0 aromatic heterocycles. The molecule has 0 radical (unpaired) electrons. The van der Waals surface area contributed by atoms with Gasteiger partial charge in [-0.2, -0.15) is 0 Å². The standard InChI is InChI=1S/C21H18O4/c1-12-7-9-14(10-8-12)17-11-18-19(23)15-5-3-4-6-16(15)20(24)21(17,18)25-13(2)22/h3-10,17-18H,11H2,1-2H3/t17-,18-,21+/m1/s1. The van der Waals surface area contributed by atoms with E-state index in [9.17, 15) is 14.4 Å². The second-order valence-electron chi connectivity index (χ2n) is 6.88. The molecule has 0 unspecified atom stereocenters. The lowest BCUT2D eigenvalue weighted by Crippen LogP contribution is -2.66. The van der Waals surface area contributed by atoms with Crippen molar-refractivity contribution in [3.8, 4) is 0 Å². The van der Waals surface area contributed by atoms with Crippen molar-refractivity contribution in [3.05, 3.63) is 70.8 Å². The molecule has 2 aliphatic rings. The largest absolute Gasteiger partial charge is 0.449 e. The van der Waals surface area contributed by atoms with Crippen LogP contribution in [-0.2, 0) is 9.53 Å². The number of aryl methyl sites for hydroxylation is 1. The molecule has 1 saturated carbocycles. The average molecular weight is 334 g/mol. The fourth-order valence-electron chi connectivity index (χ4n) is 4.19. The number of fused-ring (bicyclic) bond motifs is 2. The first-order valence-corrected chi connectivity index (χ1v) is 8.39. The molecular weight excluding hydrogens is 316 g/mol. The summed E-state index contributed by atoms with van der Waals surface area (Å²) in [6.07, 6.45) is 0.509. The number of carbonyl (C=O) groups excluding carboxylic acids is 3. The third-order valence-electron chi connectivity index (χ3n) is 5.41. The van der Waals surface area contributed by atoms with Crippen LogP contribution in [0.15, 0.2) is 48.5 Å². The zero-order valence-electron chi connectivity index (χ0n) is 14.1. The van der Waals surface area contributed by atoms with Crippen molar-refractivity contribution in [1.29, 1.82) is 0 Å². The van der Waals surface area contributed by atoms with Crippen LogP contribution in [0.2, 0.25) is 0 Å². The fourth-order valence-corrected chi connectivity index (χ4v) is 4.19. The van der Waals surface area contributed by atoms with Crippen LogP contribution in [0, 0.1) is 12.8 Å². The molecule has 0 heterocycles. The fraction of sp³-hybridized carbons (Fsp3) is 0.286. The summed E-state index contributed by atoms with van der Waals surface area (Å²) in [5, 5.41) is 0. The first-order valence-electron chi connectivity index (χ1n) is 8.39. The van der Waals surface area contributed by atoms with Gasteiger partial charge in [0.15, 0.2) is 11.4 Å². The van der Waals surface area contributed by atoms with Gasteiger partial charge in [-0.15, -0.1) is 0 Å². The lowest BCUT2D eigenvalue weighted by Gasteiger charge is -2.54. The monoisotopic (exact) mass is 334 g/mol. The summed E-state index contributed by atoms with van der Waals surface area (Å²) >= 11 is 0. The summed E-state index contributed by atoms with van der Waals surface area (Å²) in [5.74, 6) is -1.82. The molecule has 0 saturated heterocycles. The van der Waals surface area contributed by atoms with Crippen LogP contribution >= 0.6 is 0 Å². The second kappa shape index (κ2) is 5.38. The lowest BCUT2D eigenvalue weighted by atomic mass is 9.51. The molecule has 3 atom stereocenters. The van der Waals surface area contributed by atoms with Gasteiger partial charge in [0.1, 0.15) is 0 Å². The van der Waals surface area contributed by atoms with Gasteiger partial charge in [0.2, 0.25) is 5.78 Å². The van der Waals surface area contributed by atoms with Crippen molar-refractivity contribution in [1.82, 2.24) is 0 Å².